The molecule has 0 aromatic carbocycles. The standard InChI is InChI=1S/C10H12ClN3S/c1-7(2)14-6-12-4-9(14)10-13-8(3-11)5-15-10/h4-7H,3H2,1-2H3. The van der Waals surface area contributed by atoms with Gasteiger partial charge in [0.15, 0.2) is 0 Å². The zero-order valence-electron chi connectivity index (χ0n) is 8.64. The summed E-state index contributed by atoms with van der Waals surface area (Å²) in [5, 5.41) is 2.97. The van der Waals surface area contributed by atoms with Crippen molar-refractivity contribution in [3.05, 3.63) is 23.6 Å². The Labute approximate surface area is 97.8 Å². The fourth-order valence-electron chi connectivity index (χ4n) is 1.37. The molecule has 0 spiro atoms. The summed E-state index contributed by atoms with van der Waals surface area (Å²) < 4.78 is 2.11. The molecule has 2 heterocycles. The first-order valence-corrected chi connectivity index (χ1v) is 6.16. The molecule has 2 rings (SSSR count). The smallest absolute Gasteiger partial charge is 0.141 e. The number of alkyl halides is 1. The first-order chi connectivity index (χ1) is 7.22. The van der Waals surface area contributed by atoms with Gasteiger partial charge in [0.1, 0.15) is 5.01 Å². The molecular weight excluding hydrogens is 230 g/mol. The molecule has 0 saturated carbocycles. The van der Waals surface area contributed by atoms with Crippen LogP contribution in [0.2, 0.25) is 0 Å². The van der Waals surface area contributed by atoms with Crippen LogP contribution in [-0.2, 0) is 5.88 Å². The number of hydrogen-bond donors (Lipinski definition) is 0. The average Bonchev–Trinajstić information content (AvgIpc) is 2.85. The Hall–Kier alpha value is -0.870. The zero-order chi connectivity index (χ0) is 10.8. The molecule has 80 valence electrons. The Morgan fingerprint density at radius 1 is 1.53 bits per heavy atom. The van der Waals surface area contributed by atoms with Crippen LogP contribution < -0.4 is 0 Å². The molecule has 5 heteroatoms. The third-order valence-corrected chi connectivity index (χ3v) is 3.32. The molecule has 3 nitrogen and oxygen atoms in total. The quantitative estimate of drug-likeness (QED) is 0.772. The number of rotatable bonds is 3. The van der Waals surface area contributed by atoms with Crippen molar-refractivity contribution in [2.45, 2.75) is 25.8 Å². The molecule has 0 fully saturated rings. The van der Waals surface area contributed by atoms with E-state index in [9.17, 15) is 0 Å². The minimum Gasteiger partial charge on any atom is -0.326 e. The van der Waals surface area contributed by atoms with Crippen molar-refractivity contribution in [2.75, 3.05) is 0 Å². The lowest BCUT2D eigenvalue weighted by atomic mass is 10.3. The molecule has 0 aliphatic heterocycles. The van der Waals surface area contributed by atoms with Crippen LogP contribution in [0.4, 0.5) is 0 Å². The molecule has 0 atom stereocenters. The SMILES string of the molecule is CC(C)n1cncc1-c1nc(CCl)cs1. The summed E-state index contributed by atoms with van der Waals surface area (Å²) in [5.74, 6) is 0.465. The maximum Gasteiger partial charge on any atom is 0.141 e. The van der Waals surface area contributed by atoms with Crippen LogP contribution in [0, 0.1) is 0 Å². The molecular formula is C10H12ClN3S. The summed E-state index contributed by atoms with van der Waals surface area (Å²) in [6, 6.07) is 0.394. The van der Waals surface area contributed by atoms with Crippen molar-refractivity contribution in [1.29, 1.82) is 0 Å². The minimum atomic E-state index is 0.394. The van der Waals surface area contributed by atoms with Crippen molar-refractivity contribution in [2.24, 2.45) is 0 Å². The number of thiazole rings is 1. The van der Waals surface area contributed by atoms with Gasteiger partial charge in [-0.25, -0.2) is 9.97 Å². The highest BCUT2D eigenvalue weighted by Crippen LogP contribution is 2.26. The third-order valence-electron chi connectivity index (χ3n) is 2.13. The maximum absolute atomic E-state index is 5.73. The molecule has 0 amide bonds. The van der Waals surface area contributed by atoms with E-state index in [2.05, 4.69) is 28.4 Å². The van der Waals surface area contributed by atoms with Crippen LogP contribution in [0.1, 0.15) is 25.6 Å². The Morgan fingerprint density at radius 2 is 2.33 bits per heavy atom. The lowest BCUT2D eigenvalue weighted by molar-refractivity contribution is 0.605. The first-order valence-electron chi connectivity index (χ1n) is 4.75. The summed E-state index contributed by atoms with van der Waals surface area (Å²) in [5.41, 5.74) is 1.99. The largest absolute Gasteiger partial charge is 0.326 e. The summed E-state index contributed by atoms with van der Waals surface area (Å²) in [7, 11) is 0. The van der Waals surface area contributed by atoms with E-state index in [-0.39, 0.29) is 0 Å². The predicted octanol–water partition coefficient (Wildman–Crippen LogP) is 3.33. The van der Waals surface area contributed by atoms with E-state index in [4.69, 9.17) is 11.6 Å². The van der Waals surface area contributed by atoms with Crippen LogP contribution in [-0.4, -0.2) is 14.5 Å². The topological polar surface area (TPSA) is 30.7 Å². The van der Waals surface area contributed by atoms with Crippen molar-refractivity contribution in [3.8, 4) is 10.7 Å². The van der Waals surface area contributed by atoms with Gasteiger partial charge in [-0.1, -0.05) is 0 Å². The van der Waals surface area contributed by atoms with E-state index in [0.717, 1.165) is 16.4 Å². The maximum atomic E-state index is 5.73. The van der Waals surface area contributed by atoms with E-state index < -0.39 is 0 Å². The van der Waals surface area contributed by atoms with Gasteiger partial charge < -0.3 is 4.57 Å². The number of aromatic nitrogens is 3. The second-order valence-electron chi connectivity index (χ2n) is 3.56. The Bertz CT molecular complexity index is 447. The highest BCUT2D eigenvalue weighted by molar-refractivity contribution is 7.13. The van der Waals surface area contributed by atoms with Gasteiger partial charge in [-0.15, -0.1) is 22.9 Å². The predicted molar refractivity (Wildman–Crippen MR) is 63.3 cm³/mol. The molecule has 0 unspecified atom stereocenters. The fraction of sp³-hybridized carbons (Fsp3) is 0.400. The van der Waals surface area contributed by atoms with Crippen LogP contribution in [0.25, 0.3) is 10.7 Å². The molecule has 2 aromatic heterocycles. The minimum absolute atomic E-state index is 0.394. The lowest BCUT2D eigenvalue weighted by Gasteiger charge is -2.09. The first kappa shape index (κ1) is 10.6. The normalized spacial score (nSPS) is 11.2. The van der Waals surface area contributed by atoms with E-state index in [1.54, 1.807) is 11.3 Å². The Kier molecular flexibility index (Phi) is 3.07. The van der Waals surface area contributed by atoms with Crippen LogP contribution in [0.3, 0.4) is 0 Å². The lowest BCUT2D eigenvalue weighted by Crippen LogP contribution is -2.00. The second kappa shape index (κ2) is 4.33. The summed E-state index contributed by atoms with van der Waals surface area (Å²) in [4.78, 5) is 8.59. The van der Waals surface area contributed by atoms with E-state index in [1.807, 2.05) is 17.9 Å². The van der Waals surface area contributed by atoms with Gasteiger partial charge in [-0.2, -0.15) is 0 Å². The molecule has 0 aliphatic rings. The van der Waals surface area contributed by atoms with Crippen molar-refractivity contribution >= 4 is 22.9 Å². The Balaban J connectivity index is 2.40. The highest BCUT2D eigenvalue weighted by atomic mass is 35.5. The molecule has 0 bridgehead atoms. The van der Waals surface area contributed by atoms with E-state index >= 15 is 0 Å². The monoisotopic (exact) mass is 241 g/mol. The fourth-order valence-corrected chi connectivity index (χ4v) is 2.43. The second-order valence-corrected chi connectivity index (χ2v) is 4.68. The molecule has 15 heavy (non-hydrogen) atoms. The van der Waals surface area contributed by atoms with Gasteiger partial charge in [0.25, 0.3) is 0 Å². The van der Waals surface area contributed by atoms with Gasteiger partial charge in [0, 0.05) is 11.4 Å². The van der Waals surface area contributed by atoms with Crippen LogP contribution in [0.15, 0.2) is 17.9 Å². The van der Waals surface area contributed by atoms with Crippen LogP contribution >= 0.6 is 22.9 Å². The summed E-state index contributed by atoms with van der Waals surface area (Å²) >= 11 is 7.33. The average molecular weight is 242 g/mol. The molecule has 0 N–H and O–H groups in total. The van der Waals surface area contributed by atoms with Gasteiger partial charge in [0.05, 0.1) is 29.8 Å². The van der Waals surface area contributed by atoms with E-state index in [1.165, 1.54) is 0 Å². The van der Waals surface area contributed by atoms with Crippen LogP contribution in [0.5, 0.6) is 0 Å². The molecule has 0 radical (unpaired) electrons. The van der Waals surface area contributed by atoms with Gasteiger partial charge in [-0.3, -0.25) is 0 Å². The zero-order valence-corrected chi connectivity index (χ0v) is 10.2. The van der Waals surface area contributed by atoms with Crippen molar-refractivity contribution < 1.29 is 0 Å². The van der Waals surface area contributed by atoms with E-state index in [0.29, 0.717) is 11.9 Å². The summed E-state index contributed by atoms with van der Waals surface area (Å²) in [6.07, 6.45) is 3.68. The summed E-state index contributed by atoms with van der Waals surface area (Å²) in [6.45, 7) is 4.25. The van der Waals surface area contributed by atoms with Crippen molar-refractivity contribution in [1.82, 2.24) is 14.5 Å². The molecule has 0 aliphatic carbocycles. The third kappa shape index (κ3) is 2.06. The van der Waals surface area contributed by atoms with Gasteiger partial charge in [-0.05, 0) is 13.8 Å². The number of imidazole rings is 1. The molecule has 0 saturated heterocycles. The number of nitrogens with zero attached hydrogens (tertiary/aromatic N) is 3. The number of halogens is 1. The molecule has 2 aromatic rings. The number of hydrogen-bond acceptors (Lipinski definition) is 3. The van der Waals surface area contributed by atoms with Crippen molar-refractivity contribution in [3.63, 3.8) is 0 Å². The van der Waals surface area contributed by atoms with Gasteiger partial charge in [0.2, 0.25) is 0 Å². The Morgan fingerprint density at radius 3 is 2.93 bits per heavy atom. The highest BCUT2D eigenvalue weighted by Gasteiger charge is 2.11. The van der Waals surface area contributed by atoms with Gasteiger partial charge >= 0.3 is 0 Å².